The van der Waals surface area contributed by atoms with E-state index in [0.717, 1.165) is 50.4 Å². The summed E-state index contributed by atoms with van der Waals surface area (Å²) < 4.78 is 12.3. The van der Waals surface area contributed by atoms with E-state index in [4.69, 9.17) is 9.47 Å². The molecule has 2 aromatic rings. The molecule has 0 saturated heterocycles. The molecule has 0 fully saturated rings. The van der Waals surface area contributed by atoms with E-state index in [2.05, 4.69) is 107 Å². The molecule has 1 unspecified atom stereocenters. The van der Waals surface area contributed by atoms with Crippen LogP contribution in [0.25, 0.3) is 0 Å². The van der Waals surface area contributed by atoms with Crippen LogP contribution in [0.3, 0.4) is 0 Å². The van der Waals surface area contributed by atoms with Gasteiger partial charge in [0.15, 0.2) is 0 Å². The highest BCUT2D eigenvalue weighted by atomic mass is 16.5. The van der Waals surface area contributed by atoms with Gasteiger partial charge in [0, 0.05) is 5.41 Å². The van der Waals surface area contributed by atoms with Crippen LogP contribution in [-0.2, 0) is 16.2 Å². The molecular formula is C36H58O2. The van der Waals surface area contributed by atoms with Crippen LogP contribution in [0.2, 0.25) is 0 Å². The lowest BCUT2D eigenvalue weighted by molar-refractivity contribution is 0.313. The average Bonchev–Trinajstić information content (AvgIpc) is 3.20. The first-order chi connectivity index (χ1) is 17.9. The van der Waals surface area contributed by atoms with Crippen molar-refractivity contribution in [2.24, 2.45) is 0 Å². The van der Waals surface area contributed by atoms with Crippen LogP contribution in [0, 0.1) is 13.8 Å². The molecule has 2 aliphatic carbocycles. The van der Waals surface area contributed by atoms with E-state index in [0.29, 0.717) is 0 Å². The van der Waals surface area contributed by atoms with Crippen molar-refractivity contribution in [2.45, 2.75) is 144 Å². The number of unbranched alkanes of at least 4 members (excludes halogenated alkanes) is 1. The Hall–Kier alpha value is -1.96. The molecule has 4 rings (SSSR count). The van der Waals surface area contributed by atoms with Gasteiger partial charge in [0.2, 0.25) is 0 Å². The Bertz CT molecular complexity index is 1040. The number of benzene rings is 2. The van der Waals surface area contributed by atoms with Gasteiger partial charge in [0.1, 0.15) is 11.5 Å². The molecule has 1 atom stereocenters. The molecule has 0 radical (unpaired) electrons. The van der Waals surface area contributed by atoms with E-state index in [1.54, 1.807) is 0 Å². The van der Waals surface area contributed by atoms with Crippen LogP contribution in [0.1, 0.15) is 148 Å². The van der Waals surface area contributed by atoms with Crippen molar-refractivity contribution in [1.29, 1.82) is 0 Å². The maximum Gasteiger partial charge on any atom is 0.122 e. The summed E-state index contributed by atoms with van der Waals surface area (Å²) in [5, 5.41) is 0. The minimum absolute atomic E-state index is 0.0454. The highest BCUT2D eigenvalue weighted by Gasteiger charge is 2.56. The number of hydrogen-bond donors (Lipinski definition) is 0. The second kappa shape index (κ2) is 13.4. The molecule has 2 nitrogen and oxygen atoms in total. The quantitative estimate of drug-likeness (QED) is 0.360. The van der Waals surface area contributed by atoms with Gasteiger partial charge in [-0.1, -0.05) is 101 Å². The summed E-state index contributed by atoms with van der Waals surface area (Å²) in [6.45, 7) is 28.6. The van der Waals surface area contributed by atoms with Gasteiger partial charge in [-0.25, -0.2) is 0 Å². The minimum atomic E-state index is 0.0454. The molecular weight excluding hydrogens is 464 g/mol. The van der Waals surface area contributed by atoms with Crippen LogP contribution >= 0.6 is 0 Å². The Balaban J connectivity index is 0.000000650. The molecule has 38 heavy (non-hydrogen) atoms. The van der Waals surface area contributed by atoms with Crippen molar-refractivity contribution in [3.05, 3.63) is 57.6 Å². The molecule has 2 aliphatic rings. The van der Waals surface area contributed by atoms with Gasteiger partial charge < -0.3 is 9.47 Å². The van der Waals surface area contributed by atoms with Gasteiger partial charge in [-0.2, -0.15) is 0 Å². The monoisotopic (exact) mass is 522 g/mol. The number of hydrogen-bond acceptors (Lipinski definition) is 2. The van der Waals surface area contributed by atoms with Crippen LogP contribution in [0.4, 0.5) is 0 Å². The van der Waals surface area contributed by atoms with E-state index in [-0.39, 0.29) is 16.2 Å². The van der Waals surface area contributed by atoms with E-state index in [1.807, 2.05) is 0 Å². The summed E-state index contributed by atoms with van der Waals surface area (Å²) in [6.07, 6.45) is 8.24. The van der Waals surface area contributed by atoms with Gasteiger partial charge in [-0.05, 0) is 95.9 Å². The Morgan fingerprint density at radius 1 is 0.553 bits per heavy atom. The first kappa shape index (κ1) is 32.3. The van der Waals surface area contributed by atoms with E-state index in [1.165, 1.54) is 52.6 Å². The number of rotatable bonds is 7. The van der Waals surface area contributed by atoms with Crippen LogP contribution in [0.5, 0.6) is 11.5 Å². The number of fused-ring (bicyclic) bond motifs is 4. The SMILES string of the molecule is CCC.CCCC.CCCOc1cc2c(cc1C)C1(CC2(C)C)CC(C)(C)c2cc(C)c(OCCC)cc21. The third kappa shape index (κ3) is 6.60. The van der Waals surface area contributed by atoms with Crippen molar-refractivity contribution in [3.8, 4) is 11.5 Å². The van der Waals surface area contributed by atoms with Crippen molar-refractivity contribution in [3.63, 3.8) is 0 Å². The Morgan fingerprint density at radius 3 is 1.29 bits per heavy atom. The molecule has 0 N–H and O–H groups in total. The number of ether oxygens (including phenoxy) is 2. The second-order valence-corrected chi connectivity index (χ2v) is 12.9. The van der Waals surface area contributed by atoms with Crippen molar-refractivity contribution in [2.75, 3.05) is 13.2 Å². The average molecular weight is 523 g/mol. The molecule has 0 saturated carbocycles. The molecule has 2 heteroatoms. The van der Waals surface area contributed by atoms with Gasteiger partial charge in [0.05, 0.1) is 13.2 Å². The van der Waals surface area contributed by atoms with Crippen LogP contribution < -0.4 is 9.47 Å². The third-order valence-electron chi connectivity index (χ3n) is 8.03. The minimum Gasteiger partial charge on any atom is -0.493 e. The fraction of sp³-hybridized carbons (Fsp3) is 0.667. The summed E-state index contributed by atoms with van der Waals surface area (Å²) >= 11 is 0. The van der Waals surface area contributed by atoms with E-state index >= 15 is 0 Å². The van der Waals surface area contributed by atoms with Gasteiger partial charge in [-0.3, -0.25) is 0 Å². The van der Waals surface area contributed by atoms with E-state index in [9.17, 15) is 0 Å². The lowest BCUT2D eigenvalue weighted by atomic mass is 9.72. The number of aryl methyl sites for hydroxylation is 2. The third-order valence-corrected chi connectivity index (χ3v) is 8.03. The maximum absolute atomic E-state index is 6.19. The zero-order valence-electron chi connectivity index (χ0n) is 27.0. The van der Waals surface area contributed by atoms with Gasteiger partial charge in [0.25, 0.3) is 0 Å². The normalized spacial score (nSPS) is 19.6. The highest BCUT2D eigenvalue weighted by molar-refractivity contribution is 5.63. The van der Waals surface area contributed by atoms with Crippen LogP contribution in [0.15, 0.2) is 24.3 Å². The molecule has 0 amide bonds. The largest absolute Gasteiger partial charge is 0.493 e. The summed E-state index contributed by atoms with van der Waals surface area (Å²) in [5.74, 6) is 2.11. The Kier molecular flexibility index (Phi) is 11.4. The molecule has 214 valence electrons. The summed E-state index contributed by atoms with van der Waals surface area (Å²) in [7, 11) is 0. The molecule has 1 spiro atoms. The zero-order valence-corrected chi connectivity index (χ0v) is 27.0. The summed E-state index contributed by atoms with van der Waals surface area (Å²) in [4.78, 5) is 0. The topological polar surface area (TPSA) is 18.5 Å². The lowest BCUT2D eigenvalue weighted by Crippen LogP contribution is -2.27. The van der Waals surface area contributed by atoms with Gasteiger partial charge >= 0.3 is 0 Å². The first-order valence-electron chi connectivity index (χ1n) is 15.5. The Morgan fingerprint density at radius 2 is 0.895 bits per heavy atom. The van der Waals surface area contributed by atoms with Crippen molar-refractivity contribution < 1.29 is 9.47 Å². The first-order valence-corrected chi connectivity index (χ1v) is 15.5. The molecule has 0 heterocycles. The predicted molar refractivity (Wildman–Crippen MR) is 167 cm³/mol. The molecule has 0 aromatic heterocycles. The molecule has 0 aliphatic heterocycles. The van der Waals surface area contributed by atoms with Gasteiger partial charge in [-0.15, -0.1) is 0 Å². The standard InChI is InChI=1S/C29H40O2.C4H10.C3H8/c1-9-11-30-25-15-22-23(14-20(25)4)29(18-28(22,7)8)17-27(5,6)21-13-19(3)26(16-24(21)29)31-12-10-2;1-3-4-2;1-3-2/h13-16H,9-12,17-18H2,1-8H3;3-4H2,1-2H3;3H2,1-2H3. The molecule has 0 bridgehead atoms. The van der Waals surface area contributed by atoms with Crippen LogP contribution in [-0.4, -0.2) is 13.2 Å². The maximum atomic E-state index is 6.19. The predicted octanol–water partition coefficient (Wildman–Crippen LogP) is 10.8. The fourth-order valence-electron chi connectivity index (χ4n) is 6.31. The highest BCUT2D eigenvalue weighted by Crippen LogP contribution is 2.63. The fourth-order valence-corrected chi connectivity index (χ4v) is 6.31. The van der Waals surface area contributed by atoms with Crippen molar-refractivity contribution in [1.82, 2.24) is 0 Å². The van der Waals surface area contributed by atoms with Crippen molar-refractivity contribution >= 4 is 0 Å². The second-order valence-electron chi connectivity index (χ2n) is 12.9. The summed E-state index contributed by atoms with van der Waals surface area (Å²) in [6, 6.07) is 9.58. The Labute approximate surface area is 235 Å². The lowest BCUT2D eigenvalue weighted by Gasteiger charge is -2.31. The zero-order chi connectivity index (χ0) is 28.7. The summed E-state index contributed by atoms with van der Waals surface area (Å²) in [5.41, 5.74) is 8.78. The van der Waals surface area contributed by atoms with E-state index < -0.39 is 0 Å². The molecule has 2 aromatic carbocycles. The smallest absolute Gasteiger partial charge is 0.122 e.